The van der Waals surface area contributed by atoms with E-state index < -0.39 is 10.0 Å². The summed E-state index contributed by atoms with van der Waals surface area (Å²) in [5.41, 5.74) is 0.610. The first-order valence-electron chi connectivity index (χ1n) is 7.42. The quantitative estimate of drug-likeness (QED) is 0.829. The van der Waals surface area contributed by atoms with Gasteiger partial charge in [0, 0.05) is 26.6 Å². The third kappa shape index (κ3) is 3.85. The van der Waals surface area contributed by atoms with E-state index in [2.05, 4.69) is 10.6 Å². The molecule has 0 unspecified atom stereocenters. The van der Waals surface area contributed by atoms with Gasteiger partial charge in [0.05, 0.1) is 4.90 Å². The number of sulfonamides is 1. The highest BCUT2D eigenvalue weighted by Gasteiger charge is 2.23. The molecule has 0 atom stereocenters. The van der Waals surface area contributed by atoms with Crippen molar-refractivity contribution in [3.8, 4) is 0 Å². The zero-order valence-electron chi connectivity index (χ0n) is 13.0. The lowest BCUT2D eigenvalue weighted by Gasteiger charge is -2.22. The van der Waals surface area contributed by atoms with Crippen molar-refractivity contribution in [3.05, 3.63) is 29.8 Å². The van der Waals surface area contributed by atoms with Crippen LogP contribution in [0.15, 0.2) is 29.2 Å². The molecule has 1 aromatic rings. The molecule has 1 saturated heterocycles. The smallest absolute Gasteiger partial charge is 0.242 e. The number of hydrogen-bond acceptors (Lipinski definition) is 4. The van der Waals surface area contributed by atoms with Gasteiger partial charge in [-0.1, -0.05) is 18.2 Å². The van der Waals surface area contributed by atoms with Crippen molar-refractivity contribution in [2.75, 3.05) is 27.2 Å². The maximum Gasteiger partial charge on any atom is 0.242 e. The van der Waals surface area contributed by atoms with Crippen LogP contribution >= 0.6 is 0 Å². The van der Waals surface area contributed by atoms with Gasteiger partial charge in [0.1, 0.15) is 0 Å². The number of nitrogens with one attached hydrogen (secondary N) is 2. The minimum absolute atomic E-state index is 0.00134. The van der Waals surface area contributed by atoms with Crippen molar-refractivity contribution in [1.82, 2.24) is 14.9 Å². The fourth-order valence-electron chi connectivity index (χ4n) is 2.51. The van der Waals surface area contributed by atoms with E-state index in [4.69, 9.17) is 0 Å². The van der Waals surface area contributed by atoms with Crippen molar-refractivity contribution in [2.45, 2.75) is 24.3 Å². The van der Waals surface area contributed by atoms with Crippen molar-refractivity contribution >= 4 is 15.9 Å². The third-order valence-corrected chi connectivity index (χ3v) is 5.81. The van der Waals surface area contributed by atoms with Gasteiger partial charge in [0.25, 0.3) is 0 Å². The number of piperidine rings is 1. The Hall–Kier alpha value is -1.44. The minimum atomic E-state index is -3.51. The first-order chi connectivity index (χ1) is 10.4. The summed E-state index contributed by atoms with van der Waals surface area (Å²) < 4.78 is 25.8. The maximum absolute atomic E-state index is 12.3. The van der Waals surface area contributed by atoms with Crippen molar-refractivity contribution < 1.29 is 13.2 Å². The molecule has 0 aliphatic carbocycles. The van der Waals surface area contributed by atoms with E-state index >= 15 is 0 Å². The molecule has 122 valence electrons. The molecule has 0 radical (unpaired) electrons. The molecule has 1 aromatic carbocycles. The Kier molecular flexibility index (Phi) is 5.55. The summed E-state index contributed by atoms with van der Waals surface area (Å²) >= 11 is 0. The van der Waals surface area contributed by atoms with Crippen LogP contribution in [0, 0.1) is 5.92 Å². The van der Waals surface area contributed by atoms with Gasteiger partial charge in [0.15, 0.2) is 0 Å². The van der Waals surface area contributed by atoms with Crippen LogP contribution in [-0.4, -0.2) is 45.8 Å². The molecule has 0 aromatic heterocycles. The Morgan fingerprint density at radius 1 is 1.27 bits per heavy atom. The molecule has 0 spiro atoms. The van der Waals surface area contributed by atoms with Crippen LogP contribution in [0.3, 0.4) is 0 Å². The van der Waals surface area contributed by atoms with Crippen molar-refractivity contribution in [1.29, 1.82) is 0 Å². The highest BCUT2D eigenvalue weighted by Crippen LogP contribution is 2.19. The summed E-state index contributed by atoms with van der Waals surface area (Å²) in [5.74, 6) is 0.0115. The maximum atomic E-state index is 12.3. The topological polar surface area (TPSA) is 78.5 Å². The van der Waals surface area contributed by atoms with Crippen LogP contribution in [0.1, 0.15) is 18.4 Å². The van der Waals surface area contributed by atoms with E-state index in [1.807, 2.05) is 0 Å². The second-order valence-electron chi connectivity index (χ2n) is 5.64. The average molecular weight is 325 g/mol. The number of benzene rings is 1. The van der Waals surface area contributed by atoms with Gasteiger partial charge in [0.2, 0.25) is 15.9 Å². The molecular formula is C15H23N3O3S. The Morgan fingerprint density at radius 2 is 1.91 bits per heavy atom. The molecule has 1 aliphatic heterocycles. The van der Waals surface area contributed by atoms with Crippen LogP contribution < -0.4 is 10.6 Å². The highest BCUT2D eigenvalue weighted by molar-refractivity contribution is 7.89. The van der Waals surface area contributed by atoms with Crippen molar-refractivity contribution in [3.63, 3.8) is 0 Å². The number of hydrogen-bond donors (Lipinski definition) is 2. The lowest BCUT2D eigenvalue weighted by Crippen LogP contribution is -2.38. The summed E-state index contributed by atoms with van der Waals surface area (Å²) in [5, 5.41) is 6.09. The van der Waals surface area contributed by atoms with Gasteiger partial charge in [-0.15, -0.1) is 0 Å². The Bertz CT molecular complexity index is 623. The van der Waals surface area contributed by atoms with E-state index in [9.17, 15) is 13.2 Å². The molecule has 6 nitrogen and oxygen atoms in total. The van der Waals surface area contributed by atoms with E-state index in [1.54, 1.807) is 24.3 Å². The van der Waals surface area contributed by atoms with Crippen LogP contribution in [0.4, 0.5) is 0 Å². The molecule has 22 heavy (non-hydrogen) atoms. The Morgan fingerprint density at radius 3 is 2.55 bits per heavy atom. The van der Waals surface area contributed by atoms with Crippen LogP contribution in [0.25, 0.3) is 0 Å². The Labute approximate surface area is 131 Å². The standard InChI is InChI=1S/C15H23N3O3S/c1-18(2)22(20,21)14-6-4-3-5-13(14)11-17-15(19)12-7-9-16-10-8-12/h3-6,12,16H,7-11H2,1-2H3,(H,17,19). The lowest BCUT2D eigenvalue weighted by atomic mass is 9.97. The molecular weight excluding hydrogens is 302 g/mol. The molecule has 0 bridgehead atoms. The molecule has 1 aliphatic rings. The largest absolute Gasteiger partial charge is 0.352 e. The molecule has 1 amide bonds. The monoisotopic (exact) mass is 325 g/mol. The van der Waals surface area contributed by atoms with Crippen LogP contribution in [0.2, 0.25) is 0 Å². The van der Waals surface area contributed by atoms with Gasteiger partial charge < -0.3 is 10.6 Å². The van der Waals surface area contributed by atoms with Gasteiger partial charge in [-0.2, -0.15) is 0 Å². The third-order valence-electron chi connectivity index (χ3n) is 3.89. The SMILES string of the molecule is CN(C)S(=O)(=O)c1ccccc1CNC(=O)C1CCNCC1. The molecule has 0 saturated carbocycles. The van der Waals surface area contributed by atoms with Gasteiger partial charge in [-0.3, -0.25) is 4.79 Å². The molecule has 2 N–H and O–H groups in total. The van der Waals surface area contributed by atoms with Crippen molar-refractivity contribution in [2.24, 2.45) is 5.92 Å². The zero-order chi connectivity index (χ0) is 16.2. The normalized spacial score (nSPS) is 16.7. The van der Waals surface area contributed by atoms with E-state index in [0.29, 0.717) is 5.56 Å². The minimum Gasteiger partial charge on any atom is -0.352 e. The Balaban J connectivity index is 2.09. The van der Waals surface area contributed by atoms with E-state index in [-0.39, 0.29) is 23.3 Å². The fourth-order valence-corrected chi connectivity index (χ4v) is 3.62. The summed E-state index contributed by atoms with van der Waals surface area (Å²) in [6, 6.07) is 6.77. The number of carbonyl (C=O) groups is 1. The average Bonchev–Trinajstić information content (AvgIpc) is 2.53. The second kappa shape index (κ2) is 7.21. The van der Waals surface area contributed by atoms with Gasteiger partial charge >= 0.3 is 0 Å². The summed E-state index contributed by atoms with van der Waals surface area (Å²) in [7, 11) is -0.509. The van der Waals surface area contributed by atoms with E-state index in [1.165, 1.54) is 18.4 Å². The first kappa shape index (κ1) is 16.9. The molecule has 1 fully saturated rings. The molecule has 2 rings (SSSR count). The first-order valence-corrected chi connectivity index (χ1v) is 8.86. The lowest BCUT2D eigenvalue weighted by molar-refractivity contribution is -0.125. The molecule has 1 heterocycles. The predicted octanol–water partition coefficient (Wildman–Crippen LogP) is 0.553. The van der Waals surface area contributed by atoms with Gasteiger partial charge in [-0.25, -0.2) is 12.7 Å². The van der Waals surface area contributed by atoms with Gasteiger partial charge in [-0.05, 0) is 37.6 Å². The van der Waals surface area contributed by atoms with Crippen LogP contribution in [0.5, 0.6) is 0 Å². The molecule has 7 heteroatoms. The number of rotatable bonds is 5. The fraction of sp³-hybridized carbons (Fsp3) is 0.533. The second-order valence-corrected chi connectivity index (χ2v) is 7.76. The van der Waals surface area contributed by atoms with Crippen LogP contribution in [-0.2, 0) is 21.4 Å². The summed E-state index contributed by atoms with van der Waals surface area (Å²) in [6.07, 6.45) is 1.65. The summed E-state index contributed by atoms with van der Waals surface area (Å²) in [6.45, 7) is 1.93. The number of nitrogens with zero attached hydrogens (tertiary/aromatic N) is 1. The highest BCUT2D eigenvalue weighted by atomic mass is 32.2. The summed E-state index contributed by atoms with van der Waals surface area (Å²) in [4.78, 5) is 12.4. The number of amides is 1. The number of carbonyl (C=O) groups excluding carboxylic acids is 1. The zero-order valence-corrected chi connectivity index (χ0v) is 13.8. The predicted molar refractivity (Wildman–Crippen MR) is 84.8 cm³/mol. The van der Waals surface area contributed by atoms with E-state index in [0.717, 1.165) is 25.9 Å².